The normalized spacial score (nSPS) is 29.8. The van der Waals surface area contributed by atoms with Gasteiger partial charge in [0.15, 0.2) is 0 Å². The summed E-state index contributed by atoms with van der Waals surface area (Å²) in [5.41, 5.74) is 1.12. The molecule has 1 aromatic carbocycles. The molecule has 4 unspecified atom stereocenters. The molecule has 0 aliphatic carbocycles. The predicted octanol–water partition coefficient (Wildman–Crippen LogP) is 1.42. The van der Waals surface area contributed by atoms with Crippen molar-refractivity contribution < 1.29 is 13.9 Å². The van der Waals surface area contributed by atoms with E-state index >= 15 is 0 Å². The standard InChI is InChI=1S/C22H33FN4O2/c1-29-16-22(28)24-13-21-12-17-6-7-27(21)15-18(17)14-25-8-10-26(11-9-25)20-4-2-19(23)3-5-20/h2-5,17-18,21H,6-16H2,1H3,(H,24,28). The fraction of sp³-hybridized carbons (Fsp3) is 0.682. The fourth-order valence-electron chi connectivity index (χ4n) is 5.25. The SMILES string of the molecule is COCC(=O)NCC1CC2CCN1CC2CN1CCN(c2ccc(F)cc2)CC1. The number of halogens is 1. The first-order chi connectivity index (χ1) is 14.1. The Balaban J connectivity index is 1.22. The molecule has 0 saturated carbocycles. The second-order valence-electron chi connectivity index (χ2n) is 8.69. The number of piperidine rings is 3. The molecular weight excluding hydrogens is 371 g/mol. The van der Waals surface area contributed by atoms with Gasteiger partial charge in [-0.15, -0.1) is 0 Å². The predicted molar refractivity (Wildman–Crippen MR) is 112 cm³/mol. The number of piperazine rings is 1. The summed E-state index contributed by atoms with van der Waals surface area (Å²) in [6, 6.07) is 7.32. The van der Waals surface area contributed by atoms with Crippen molar-refractivity contribution in [3.63, 3.8) is 0 Å². The third kappa shape index (κ3) is 5.08. The zero-order valence-electron chi connectivity index (χ0n) is 17.4. The molecule has 4 saturated heterocycles. The molecule has 1 N–H and O–H groups in total. The van der Waals surface area contributed by atoms with Gasteiger partial charge in [0, 0.05) is 64.7 Å². The molecular formula is C22H33FN4O2. The van der Waals surface area contributed by atoms with Crippen LogP contribution in [-0.4, -0.2) is 87.8 Å². The van der Waals surface area contributed by atoms with E-state index in [9.17, 15) is 9.18 Å². The molecule has 0 aromatic heterocycles. The first kappa shape index (κ1) is 20.6. The zero-order valence-corrected chi connectivity index (χ0v) is 17.4. The van der Waals surface area contributed by atoms with Gasteiger partial charge in [-0.25, -0.2) is 4.39 Å². The van der Waals surface area contributed by atoms with Crippen molar-refractivity contribution >= 4 is 11.6 Å². The minimum atomic E-state index is -0.175. The van der Waals surface area contributed by atoms with Crippen molar-refractivity contribution in [2.45, 2.75) is 18.9 Å². The van der Waals surface area contributed by atoms with E-state index in [4.69, 9.17) is 4.74 Å². The lowest BCUT2D eigenvalue weighted by molar-refractivity contribution is -0.125. The van der Waals surface area contributed by atoms with Crippen LogP contribution in [0.2, 0.25) is 0 Å². The Bertz CT molecular complexity index is 678. The molecule has 160 valence electrons. The van der Waals surface area contributed by atoms with Gasteiger partial charge in [0.05, 0.1) is 0 Å². The minimum Gasteiger partial charge on any atom is -0.375 e. The summed E-state index contributed by atoms with van der Waals surface area (Å²) < 4.78 is 18.0. The van der Waals surface area contributed by atoms with Gasteiger partial charge in [-0.1, -0.05) is 0 Å². The Morgan fingerprint density at radius 1 is 1.17 bits per heavy atom. The lowest BCUT2D eigenvalue weighted by atomic mass is 9.75. The van der Waals surface area contributed by atoms with Gasteiger partial charge < -0.3 is 15.0 Å². The van der Waals surface area contributed by atoms with Crippen LogP contribution in [0.4, 0.5) is 10.1 Å². The highest BCUT2D eigenvalue weighted by atomic mass is 19.1. The van der Waals surface area contributed by atoms with Crippen LogP contribution >= 0.6 is 0 Å². The lowest BCUT2D eigenvalue weighted by Crippen LogP contribution is -2.59. The Labute approximate surface area is 173 Å². The molecule has 7 heteroatoms. The van der Waals surface area contributed by atoms with Crippen LogP contribution in [0.3, 0.4) is 0 Å². The summed E-state index contributed by atoms with van der Waals surface area (Å²) in [7, 11) is 1.55. The molecule has 4 atom stereocenters. The van der Waals surface area contributed by atoms with Crippen molar-refractivity contribution in [1.82, 2.24) is 15.1 Å². The van der Waals surface area contributed by atoms with Gasteiger partial charge in [-0.05, 0) is 55.5 Å². The van der Waals surface area contributed by atoms with E-state index in [2.05, 4.69) is 20.0 Å². The van der Waals surface area contributed by atoms with Crippen LogP contribution in [0, 0.1) is 17.7 Å². The lowest BCUT2D eigenvalue weighted by Gasteiger charge is -2.51. The second-order valence-corrected chi connectivity index (χ2v) is 8.69. The van der Waals surface area contributed by atoms with E-state index in [0.29, 0.717) is 6.04 Å². The molecule has 2 bridgehead atoms. The van der Waals surface area contributed by atoms with Crippen molar-refractivity contribution in [2.24, 2.45) is 11.8 Å². The van der Waals surface area contributed by atoms with Crippen LogP contribution in [-0.2, 0) is 9.53 Å². The number of rotatable bonds is 7. The number of nitrogens with zero attached hydrogens (tertiary/aromatic N) is 3. The molecule has 29 heavy (non-hydrogen) atoms. The summed E-state index contributed by atoms with van der Waals surface area (Å²) in [6.07, 6.45) is 2.47. The summed E-state index contributed by atoms with van der Waals surface area (Å²) >= 11 is 0. The zero-order chi connectivity index (χ0) is 20.2. The number of anilines is 1. The average Bonchev–Trinajstić information content (AvgIpc) is 2.74. The molecule has 4 fully saturated rings. The van der Waals surface area contributed by atoms with Crippen LogP contribution in [0.25, 0.3) is 0 Å². The second kappa shape index (κ2) is 9.41. The van der Waals surface area contributed by atoms with Crippen molar-refractivity contribution in [1.29, 1.82) is 0 Å². The Morgan fingerprint density at radius 2 is 1.93 bits per heavy atom. The van der Waals surface area contributed by atoms with Gasteiger partial charge in [0.2, 0.25) is 5.91 Å². The number of methoxy groups -OCH3 is 1. The Morgan fingerprint density at radius 3 is 2.59 bits per heavy atom. The van der Waals surface area contributed by atoms with E-state index in [1.54, 1.807) is 19.2 Å². The number of ether oxygens (including phenoxy) is 1. The van der Waals surface area contributed by atoms with Gasteiger partial charge >= 0.3 is 0 Å². The Kier molecular flexibility index (Phi) is 6.67. The maximum atomic E-state index is 13.1. The molecule has 4 heterocycles. The van der Waals surface area contributed by atoms with Gasteiger partial charge in [0.1, 0.15) is 12.4 Å². The maximum Gasteiger partial charge on any atom is 0.246 e. The number of amides is 1. The van der Waals surface area contributed by atoms with E-state index in [-0.39, 0.29) is 18.3 Å². The monoisotopic (exact) mass is 404 g/mol. The van der Waals surface area contributed by atoms with Crippen molar-refractivity contribution in [3.8, 4) is 0 Å². The van der Waals surface area contributed by atoms with E-state index in [1.807, 2.05) is 12.1 Å². The van der Waals surface area contributed by atoms with Gasteiger partial charge in [-0.3, -0.25) is 14.6 Å². The van der Waals surface area contributed by atoms with Crippen molar-refractivity contribution in [3.05, 3.63) is 30.1 Å². The number of hydrogen-bond donors (Lipinski definition) is 1. The quantitative estimate of drug-likeness (QED) is 0.745. The minimum absolute atomic E-state index is 0.0225. The Hall–Kier alpha value is -1.70. The fourth-order valence-corrected chi connectivity index (χ4v) is 5.25. The average molecular weight is 405 g/mol. The number of carbonyl (C=O) groups is 1. The summed E-state index contributed by atoms with van der Waals surface area (Å²) in [6.45, 7) is 8.49. The number of benzene rings is 1. The van der Waals surface area contributed by atoms with Crippen LogP contribution in [0.5, 0.6) is 0 Å². The highest BCUT2D eigenvalue weighted by Crippen LogP contribution is 2.36. The number of hydrogen-bond acceptors (Lipinski definition) is 5. The third-order valence-electron chi connectivity index (χ3n) is 6.88. The molecule has 1 amide bonds. The van der Waals surface area contributed by atoms with Gasteiger partial charge in [0.25, 0.3) is 0 Å². The highest BCUT2D eigenvalue weighted by molar-refractivity contribution is 5.77. The topological polar surface area (TPSA) is 48.1 Å². The highest BCUT2D eigenvalue weighted by Gasteiger charge is 2.40. The van der Waals surface area contributed by atoms with Crippen LogP contribution in [0.15, 0.2) is 24.3 Å². The number of nitrogens with one attached hydrogen (secondary N) is 1. The summed E-state index contributed by atoms with van der Waals surface area (Å²) in [5, 5.41) is 3.01. The first-order valence-electron chi connectivity index (χ1n) is 10.8. The molecule has 6 nitrogen and oxygen atoms in total. The molecule has 5 rings (SSSR count). The third-order valence-corrected chi connectivity index (χ3v) is 6.88. The summed E-state index contributed by atoms with van der Waals surface area (Å²) in [5.74, 6) is 1.29. The molecule has 4 aliphatic rings. The van der Waals surface area contributed by atoms with E-state index in [0.717, 1.165) is 63.3 Å². The summed E-state index contributed by atoms with van der Waals surface area (Å²) in [4.78, 5) is 19.2. The molecule has 1 aromatic rings. The number of carbonyl (C=O) groups excluding carboxylic acids is 1. The number of fused-ring (bicyclic) bond motifs is 3. The molecule has 4 aliphatic heterocycles. The molecule has 0 spiro atoms. The largest absolute Gasteiger partial charge is 0.375 e. The van der Waals surface area contributed by atoms with Crippen LogP contribution < -0.4 is 10.2 Å². The van der Waals surface area contributed by atoms with Crippen molar-refractivity contribution in [2.75, 3.05) is 71.0 Å². The van der Waals surface area contributed by atoms with E-state index in [1.165, 1.54) is 19.4 Å². The first-order valence-corrected chi connectivity index (χ1v) is 10.8. The van der Waals surface area contributed by atoms with Gasteiger partial charge in [-0.2, -0.15) is 0 Å². The molecule has 0 radical (unpaired) electrons. The van der Waals surface area contributed by atoms with Crippen LogP contribution in [0.1, 0.15) is 12.8 Å². The van der Waals surface area contributed by atoms with E-state index < -0.39 is 0 Å². The maximum absolute atomic E-state index is 13.1. The smallest absolute Gasteiger partial charge is 0.246 e.